The van der Waals surface area contributed by atoms with Gasteiger partial charge in [-0.05, 0) is 5.56 Å². The van der Waals surface area contributed by atoms with Crippen LogP contribution in [0.4, 0.5) is 0 Å². The number of carbonyl (C=O) groups is 1. The van der Waals surface area contributed by atoms with E-state index in [0.29, 0.717) is 18.7 Å². The molecule has 0 aromatic heterocycles. The van der Waals surface area contributed by atoms with Gasteiger partial charge in [0.25, 0.3) is 0 Å². The van der Waals surface area contributed by atoms with E-state index in [1.807, 2.05) is 44.4 Å². The first-order valence-electron chi connectivity index (χ1n) is 4.72. The molecule has 0 amide bonds. The molecular weight excluding hydrogens is 190 g/mol. The lowest BCUT2D eigenvalue weighted by Crippen LogP contribution is -2.05. The molecule has 15 heavy (non-hydrogen) atoms. The van der Waals surface area contributed by atoms with Gasteiger partial charge < -0.3 is 9.64 Å². The molecule has 0 saturated carbocycles. The molecular formula is C12H15NO2. The normalized spacial score (nSPS) is 10.9. The minimum Gasteiger partial charge on any atom is -0.484 e. The monoisotopic (exact) mass is 205 g/mol. The van der Waals surface area contributed by atoms with Gasteiger partial charge in [-0.2, -0.15) is 0 Å². The molecule has 0 heterocycles. The maximum absolute atomic E-state index is 10.6. The minimum atomic E-state index is 0.337. The molecule has 0 radical (unpaired) electrons. The van der Waals surface area contributed by atoms with Crippen molar-refractivity contribution in [2.24, 2.45) is 0 Å². The van der Waals surface area contributed by atoms with Crippen LogP contribution in [0, 0.1) is 0 Å². The summed E-state index contributed by atoms with van der Waals surface area (Å²) in [6.45, 7) is 0.416. The van der Waals surface area contributed by atoms with Crippen LogP contribution in [0.15, 0.2) is 42.3 Å². The third-order valence-electron chi connectivity index (χ3n) is 1.75. The summed E-state index contributed by atoms with van der Waals surface area (Å²) >= 11 is 0. The molecule has 1 aromatic rings. The third-order valence-corrected chi connectivity index (χ3v) is 1.75. The van der Waals surface area contributed by atoms with Gasteiger partial charge >= 0.3 is 0 Å². The van der Waals surface area contributed by atoms with Gasteiger partial charge in [0, 0.05) is 20.3 Å². The summed E-state index contributed by atoms with van der Waals surface area (Å²) < 4.78 is 5.34. The van der Waals surface area contributed by atoms with Crippen LogP contribution in [0.25, 0.3) is 0 Å². The van der Waals surface area contributed by atoms with E-state index in [-0.39, 0.29) is 0 Å². The van der Waals surface area contributed by atoms with Crippen LogP contribution in [0.2, 0.25) is 0 Å². The van der Waals surface area contributed by atoms with E-state index in [2.05, 4.69) is 0 Å². The van der Waals surface area contributed by atoms with Crippen molar-refractivity contribution in [2.45, 2.75) is 6.61 Å². The fourth-order valence-corrected chi connectivity index (χ4v) is 1.10. The Morgan fingerprint density at radius 3 is 2.53 bits per heavy atom. The van der Waals surface area contributed by atoms with Crippen LogP contribution >= 0.6 is 0 Å². The van der Waals surface area contributed by atoms with Crippen molar-refractivity contribution < 1.29 is 9.53 Å². The van der Waals surface area contributed by atoms with E-state index in [1.165, 1.54) is 0 Å². The first-order valence-corrected chi connectivity index (χ1v) is 4.72. The van der Waals surface area contributed by atoms with Gasteiger partial charge in [-0.15, -0.1) is 0 Å². The Labute approximate surface area is 90.0 Å². The van der Waals surface area contributed by atoms with Crippen LogP contribution in [-0.2, 0) is 16.1 Å². The quantitative estimate of drug-likeness (QED) is 0.417. The fourth-order valence-electron chi connectivity index (χ4n) is 1.10. The van der Waals surface area contributed by atoms with E-state index in [1.54, 1.807) is 11.1 Å². The highest BCUT2D eigenvalue weighted by Crippen LogP contribution is 2.04. The highest BCUT2D eigenvalue weighted by molar-refractivity contribution is 5.69. The van der Waals surface area contributed by atoms with Crippen molar-refractivity contribution in [2.75, 3.05) is 14.1 Å². The minimum absolute atomic E-state index is 0.337. The van der Waals surface area contributed by atoms with Crippen molar-refractivity contribution in [3.05, 3.63) is 47.9 Å². The Morgan fingerprint density at radius 1 is 1.33 bits per heavy atom. The highest BCUT2D eigenvalue weighted by Gasteiger charge is 1.97. The molecule has 80 valence electrons. The van der Waals surface area contributed by atoms with Gasteiger partial charge in [-0.3, -0.25) is 4.79 Å². The van der Waals surface area contributed by atoms with E-state index >= 15 is 0 Å². The zero-order valence-corrected chi connectivity index (χ0v) is 9.01. The first-order chi connectivity index (χ1) is 7.22. The van der Waals surface area contributed by atoms with Crippen molar-refractivity contribution in [3.8, 4) is 0 Å². The van der Waals surface area contributed by atoms with Crippen LogP contribution in [0.1, 0.15) is 5.56 Å². The van der Waals surface area contributed by atoms with E-state index < -0.39 is 0 Å². The summed E-state index contributed by atoms with van der Waals surface area (Å²) in [6, 6.07) is 9.74. The summed E-state index contributed by atoms with van der Waals surface area (Å²) in [5.41, 5.74) is 1.05. The molecule has 0 saturated heterocycles. The summed E-state index contributed by atoms with van der Waals surface area (Å²) in [5.74, 6) is 0.337. The highest BCUT2D eigenvalue weighted by atomic mass is 16.5. The molecule has 0 aliphatic rings. The van der Waals surface area contributed by atoms with Crippen molar-refractivity contribution in [1.29, 1.82) is 0 Å². The van der Waals surface area contributed by atoms with Gasteiger partial charge in [0.2, 0.25) is 0 Å². The lowest BCUT2D eigenvalue weighted by molar-refractivity contribution is -0.108. The molecule has 0 fully saturated rings. The van der Waals surface area contributed by atoms with E-state index in [0.717, 1.165) is 5.56 Å². The van der Waals surface area contributed by atoms with Gasteiger partial charge in [0.15, 0.2) is 12.0 Å². The Balaban J connectivity index is 2.52. The van der Waals surface area contributed by atoms with Crippen LogP contribution in [-0.4, -0.2) is 25.3 Å². The average Bonchev–Trinajstić information content (AvgIpc) is 2.25. The predicted octanol–water partition coefficient (Wildman–Crippen LogP) is 1.81. The molecule has 0 aliphatic carbocycles. The van der Waals surface area contributed by atoms with Gasteiger partial charge in [0.05, 0.1) is 0 Å². The topological polar surface area (TPSA) is 29.5 Å². The fraction of sp³-hybridized carbons (Fsp3) is 0.250. The maximum Gasteiger partial charge on any atom is 0.186 e. The molecule has 1 aromatic carbocycles. The molecule has 0 spiro atoms. The summed E-state index contributed by atoms with van der Waals surface area (Å²) in [5, 5.41) is 0. The Bertz CT molecular complexity index is 331. The van der Waals surface area contributed by atoms with Crippen LogP contribution in [0.3, 0.4) is 0 Å². The second-order valence-corrected chi connectivity index (χ2v) is 3.39. The molecule has 0 bridgehead atoms. The summed E-state index contributed by atoms with van der Waals surface area (Å²) in [7, 11) is 3.69. The van der Waals surface area contributed by atoms with E-state index in [9.17, 15) is 4.79 Å². The number of hydrogen-bond donors (Lipinski definition) is 0. The predicted molar refractivity (Wildman–Crippen MR) is 59.1 cm³/mol. The molecule has 0 N–H and O–H groups in total. The number of benzene rings is 1. The van der Waals surface area contributed by atoms with Crippen LogP contribution in [0.5, 0.6) is 0 Å². The number of hydrogen-bond acceptors (Lipinski definition) is 3. The second kappa shape index (κ2) is 5.86. The number of allylic oxidation sites excluding steroid dienone is 1. The summed E-state index contributed by atoms with van der Waals surface area (Å²) in [4.78, 5) is 12.4. The van der Waals surface area contributed by atoms with Crippen molar-refractivity contribution >= 4 is 6.29 Å². The zero-order chi connectivity index (χ0) is 11.1. The number of aldehydes is 1. The third kappa shape index (κ3) is 4.31. The Kier molecular flexibility index (Phi) is 4.41. The number of nitrogens with zero attached hydrogens (tertiary/aromatic N) is 1. The lowest BCUT2D eigenvalue weighted by atomic mass is 10.2. The smallest absolute Gasteiger partial charge is 0.186 e. The SMILES string of the molecule is CN(C)/C=C(/C=O)OCc1ccccc1. The first kappa shape index (κ1) is 11.3. The maximum atomic E-state index is 10.6. The van der Waals surface area contributed by atoms with E-state index in [4.69, 9.17) is 4.74 Å². The lowest BCUT2D eigenvalue weighted by Gasteiger charge is -2.09. The second-order valence-electron chi connectivity index (χ2n) is 3.39. The number of carbonyl (C=O) groups excluding carboxylic acids is 1. The zero-order valence-electron chi connectivity index (χ0n) is 9.01. The molecule has 3 nitrogen and oxygen atoms in total. The van der Waals surface area contributed by atoms with Crippen LogP contribution < -0.4 is 0 Å². The van der Waals surface area contributed by atoms with Crippen molar-refractivity contribution in [3.63, 3.8) is 0 Å². The average molecular weight is 205 g/mol. The molecule has 0 atom stereocenters. The Morgan fingerprint density at radius 2 is 2.00 bits per heavy atom. The number of rotatable bonds is 5. The standard InChI is InChI=1S/C12H15NO2/c1-13(2)8-12(9-14)15-10-11-6-4-3-5-7-11/h3-9H,10H2,1-2H3/b12-8-. The van der Waals surface area contributed by atoms with Gasteiger partial charge in [-0.1, -0.05) is 30.3 Å². The number of ether oxygens (including phenoxy) is 1. The molecule has 0 aliphatic heterocycles. The molecule has 3 heteroatoms. The van der Waals surface area contributed by atoms with Gasteiger partial charge in [0.1, 0.15) is 6.61 Å². The molecule has 1 rings (SSSR count). The van der Waals surface area contributed by atoms with Crippen molar-refractivity contribution in [1.82, 2.24) is 4.90 Å². The van der Waals surface area contributed by atoms with Gasteiger partial charge in [-0.25, -0.2) is 0 Å². The molecule has 0 unspecified atom stereocenters. The Hall–Kier alpha value is -1.77. The largest absolute Gasteiger partial charge is 0.484 e. The summed E-state index contributed by atoms with van der Waals surface area (Å²) in [6.07, 6.45) is 2.36.